The number of Topliss-reactive ketones (excluding diaryl/α,β-unsaturated/α-hetero) is 1. The molecule has 4 rings (SSSR count). The van der Waals surface area contributed by atoms with Crippen LogP contribution in [-0.4, -0.2) is 25.4 Å². The van der Waals surface area contributed by atoms with E-state index in [1.807, 2.05) is 12.1 Å². The fourth-order valence-electron chi connectivity index (χ4n) is 3.01. The Labute approximate surface area is 177 Å². The van der Waals surface area contributed by atoms with E-state index < -0.39 is 11.7 Å². The molecule has 7 heteroatoms. The van der Waals surface area contributed by atoms with Gasteiger partial charge in [-0.05, 0) is 48.0 Å². The maximum absolute atomic E-state index is 13.6. The third kappa shape index (κ3) is 4.56. The normalized spacial score (nSPS) is 13.5. The van der Waals surface area contributed by atoms with Crippen molar-refractivity contribution in [3.05, 3.63) is 89.4 Å². The molecule has 1 N–H and O–H groups in total. The lowest BCUT2D eigenvalue weighted by Crippen LogP contribution is -2.20. The number of allylic oxidation sites excluding steroid dienone is 1. The van der Waals surface area contributed by atoms with Crippen LogP contribution in [0.4, 0.5) is 10.1 Å². The van der Waals surface area contributed by atoms with Crippen LogP contribution in [0.25, 0.3) is 6.08 Å². The van der Waals surface area contributed by atoms with Crippen LogP contribution in [0.5, 0.6) is 17.2 Å². The lowest BCUT2D eigenvalue weighted by molar-refractivity contribution is -0.118. The molecular formula is C24H18FNO5. The van der Waals surface area contributed by atoms with E-state index in [0.717, 1.165) is 5.56 Å². The zero-order chi connectivity index (χ0) is 21.8. The number of hydrogen-bond acceptors (Lipinski definition) is 5. The zero-order valence-electron chi connectivity index (χ0n) is 16.6. The Balaban J connectivity index is 1.41. The monoisotopic (exact) mass is 419 g/mol. The molecule has 1 aliphatic rings. The van der Waals surface area contributed by atoms with Crippen LogP contribution in [0.1, 0.15) is 15.9 Å². The summed E-state index contributed by atoms with van der Waals surface area (Å²) in [7, 11) is 1.58. The van der Waals surface area contributed by atoms with E-state index >= 15 is 0 Å². The van der Waals surface area contributed by atoms with Crippen molar-refractivity contribution < 1.29 is 28.2 Å². The second kappa shape index (κ2) is 8.71. The standard InChI is InChI=1S/C24H18FNO5/c1-29-16-8-6-15(7-9-16)12-22-24(28)18-11-10-17(13-21(18)31-22)30-14-23(27)26-20-5-3-2-4-19(20)25/h2-13H,14H2,1H3,(H,26,27). The third-order valence-electron chi connectivity index (χ3n) is 4.57. The minimum absolute atomic E-state index is 0.0762. The lowest BCUT2D eigenvalue weighted by Gasteiger charge is -2.08. The fourth-order valence-corrected chi connectivity index (χ4v) is 3.01. The Bertz CT molecular complexity index is 1170. The number of carbonyl (C=O) groups is 2. The molecule has 0 aromatic heterocycles. The summed E-state index contributed by atoms with van der Waals surface area (Å²) in [5, 5.41) is 2.44. The number of halogens is 1. The summed E-state index contributed by atoms with van der Waals surface area (Å²) in [5.74, 6) is 0.311. The van der Waals surface area contributed by atoms with E-state index in [9.17, 15) is 14.0 Å². The van der Waals surface area contributed by atoms with Crippen LogP contribution < -0.4 is 19.5 Å². The van der Waals surface area contributed by atoms with Gasteiger partial charge in [-0.15, -0.1) is 0 Å². The van der Waals surface area contributed by atoms with Crippen molar-refractivity contribution in [1.29, 1.82) is 0 Å². The zero-order valence-corrected chi connectivity index (χ0v) is 16.6. The Morgan fingerprint density at radius 3 is 2.55 bits per heavy atom. The molecule has 3 aromatic rings. The highest BCUT2D eigenvalue weighted by Crippen LogP contribution is 2.35. The highest BCUT2D eigenvalue weighted by molar-refractivity contribution is 6.14. The van der Waals surface area contributed by atoms with Crippen molar-refractivity contribution in [1.82, 2.24) is 0 Å². The highest BCUT2D eigenvalue weighted by atomic mass is 19.1. The van der Waals surface area contributed by atoms with Gasteiger partial charge in [0.25, 0.3) is 5.91 Å². The molecule has 0 radical (unpaired) electrons. The first-order valence-corrected chi connectivity index (χ1v) is 9.43. The van der Waals surface area contributed by atoms with Crippen molar-refractivity contribution >= 4 is 23.5 Å². The summed E-state index contributed by atoms with van der Waals surface area (Å²) >= 11 is 0. The molecule has 0 unspecified atom stereocenters. The van der Waals surface area contributed by atoms with Crippen LogP contribution in [-0.2, 0) is 4.79 Å². The number of hydrogen-bond donors (Lipinski definition) is 1. The molecule has 1 aliphatic heterocycles. The Hall–Kier alpha value is -4.13. The Morgan fingerprint density at radius 1 is 1.06 bits per heavy atom. The predicted molar refractivity (Wildman–Crippen MR) is 113 cm³/mol. The molecule has 0 saturated carbocycles. The topological polar surface area (TPSA) is 73.9 Å². The Morgan fingerprint density at radius 2 is 1.81 bits per heavy atom. The van der Waals surface area contributed by atoms with Gasteiger partial charge in [-0.3, -0.25) is 9.59 Å². The van der Waals surface area contributed by atoms with Gasteiger partial charge in [0.2, 0.25) is 5.78 Å². The maximum atomic E-state index is 13.6. The van der Waals surface area contributed by atoms with Crippen LogP contribution in [0.2, 0.25) is 0 Å². The average Bonchev–Trinajstić information content (AvgIpc) is 3.09. The molecular weight excluding hydrogens is 401 g/mol. The number of methoxy groups -OCH3 is 1. The van der Waals surface area contributed by atoms with Gasteiger partial charge in [0.05, 0.1) is 18.4 Å². The molecule has 0 bridgehead atoms. The molecule has 31 heavy (non-hydrogen) atoms. The van der Waals surface area contributed by atoms with Crippen LogP contribution in [0, 0.1) is 5.82 Å². The van der Waals surface area contributed by atoms with E-state index in [1.165, 1.54) is 18.2 Å². The van der Waals surface area contributed by atoms with Crippen molar-refractivity contribution in [2.24, 2.45) is 0 Å². The van der Waals surface area contributed by atoms with Gasteiger partial charge in [0.1, 0.15) is 23.1 Å². The summed E-state index contributed by atoms with van der Waals surface area (Å²) in [6.45, 7) is -0.324. The number of ether oxygens (including phenoxy) is 3. The second-order valence-electron chi connectivity index (χ2n) is 6.69. The van der Waals surface area contributed by atoms with E-state index in [1.54, 1.807) is 49.6 Å². The largest absolute Gasteiger partial charge is 0.497 e. The molecule has 6 nitrogen and oxygen atoms in total. The van der Waals surface area contributed by atoms with Gasteiger partial charge in [-0.2, -0.15) is 0 Å². The van der Waals surface area contributed by atoms with Crippen LogP contribution in [0.15, 0.2) is 72.5 Å². The van der Waals surface area contributed by atoms with Gasteiger partial charge in [-0.1, -0.05) is 24.3 Å². The molecule has 0 fully saturated rings. The van der Waals surface area contributed by atoms with Crippen LogP contribution in [0.3, 0.4) is 0 Å². The first-order valence-electron chi connectivity index (χ1n) is 9.43. The molecule has 0 aliphatic carbocycles. The summed E-state index contributed by atoms with van der Waals surface area (Å²) in [4.78, 5) is 24.6. The number of nitrogens with one attached hydrogen (secondary N) is 1. The van der Waals surface area contributed by atoms with Crippen LogP contribution >= 0.6 is 0 Å². The minimum atomic E-state index is -0.531. The molecule has 1 amide bonds. The number of fused-ring (bicyclic) bond motifs is 1. The quantitative estimate of drug-likeness (QED) is 0.597. The predicted octanol–water partition coefficient (Wildman–Crippen LogP) is 4.47. The van der Waals surface area contributed by atoms with E-state index in [2.05, 4.69) is 5.32 Å². The van der Waals surface area contributed by atoms with Gasteiger partial charge < -0.3 is 19.5 Å². The van der Waals surface area contributed by atoms with E-state index in [-0.39, 0.29) is 23.8 Å². The van der Waals surface area contributed by atoms with Gasteiger partial charge in [0.15, 0.2) is 12.4 Å². The lowest BCUT2D eigenvalue weighted by atomic mass is 10.1. The van der Waals surface area contributed by atoms with E-state index in [4.69, 9.17) is 14.2 Å². The number of para-hydroxylation sites is 1. The van der Waals surface area contributed by atoms with Crippen molar-refractivity contribution in [3.63, 3.8) is 0 Å². The molecule has 0 spiro atoms. The number of anilines is 1. The molecule has 3 aromatic carbocycles. The number of carbonyl (C=O) groups excluding carboxylic acids is 2. The molecule has 156 valence electrons. The summed E-state index contributed by atoms with van der Waals surface area (Å²) in [6.07, 6.45) is 1.64. The van der Waals surface area contributed by atoms with Crippen molar-refractivity contribution in [3.8, 4) is 17.2 Å². The SMILES string of the molecule is COc1ccc(C=C2Oc3cc(OCC(=O)Nc4ccccc4F)ccc3C2=O)cc1. The average molecular weight is 419 g/mol. The van der Waals surface area contributed by atoms with Crippen molar-refractivity contribution in [2.75, 3.05) is 19.0 Å². The van der Waals surface area contributed by atoms with Gasteiger partial charge in [-0.25, -0.2) is 4.39 Å². The van der Waals surface area contributed by atoms with Crippen molar-refractivity contribution in [2.45, 2.75) is 0 Å². The summed E-state index contributed by atoms with van der Waals surface area (Å²) in [5.41, 5.74) is 1.27. The molecule has 1 heterocycles. The highest BCUT2D eigenvalue weighted by Gasteiger charge is 2.27. The third-order valence-corrected chi connectivity index (χ3v) is 4.57. The number of amides is 1. The number of rotatable bonds is 6. The first-order chi connectivity index (χ1) is 15.0. The second-order valence-corrected chi connectivity index (χ2v) is 6.69. The molecule has 0 saturated heterocycles. The van der Waals surface area contributed by atoms with E-state index in [0.29, 0.717) is 22.8 Å². The van der Waals surface area contributed by atoms with Gasteiger partial charge in [0, 0.05) is 6.07 Å². The maximum Gasteiger partial charge on any atom is 0.262 e. The fraction of sp³-hybridized carbons (Fsp3) is 0.0833. The Kier molecular flexibility index (Phi) is 5.66. The minimum Gasteiger partial charge on any atom is -0.497 e. The number of benzene rings is 3. The smallest absolute Gasteiger partial charge is 0.262 e. The summed E-state index contributed by atoms with van der Waals surface area (Å²) in [6, 6.07) is 17.8. The summed E-state index contributed by atoms with van der Waals surface area (Å²) < 4.78 is 29.9. The number of ketones is 1. The van der Waals surface area contributed by atoms with Gasteiger partial charge >= 0.3 is 0 Å². The molecule has 0 atom stereocenters. The first kappa shape index (κ1) is 20.2.